The topological polar surface area (TPSA) is 46.1 Å². The number of aryl methyl sites for hydroxylation is 3. The Kier molecular flexibility index (Phi) is 4.70. The summed E-state index contributed by atoms with van der Waals surface area (Å²) in [7, 11) is 0. The number of aromatic nitrogens is 2. The molecule has 0 bridgehead atoms. The Labute approximate surface area is 137 Å². The summed E-state index contributed by atoms with van der Waals surface area (Å²) in [5.74, 6) is 1.40. The van der Waals surface area contributed by atoms with Gasteiger partial charge in [-0.25, -0.2) is 9.97 Å². The Balaban J connectivity index is 1.57. The first kappa shape index (κ1) is 15.7. The lowest BCUT2D eigenvalue weighted by molar-refractivity contribution is -0.130. The summed E-state index contributed by atoms with van der Waals surface area (Å²) in [5, 5.41) is 0. The lowest BCUT2D eigenvalue weighted by Gasteiger charge is -2.16. The summed E-state index contributed by atoms with van der Waals surface area (Å²) in [6, 6.07) is 12.2. The van der Waals surface area contributed by atoms with Crippen molar-refractivity contribution in [3.05, 3.63) is 59.2 Å². The minimum absolute atomic E-state index is 0.237. The first-order valence-electron chi connectivity index (χ1n) is 8.25. The van der Waals surface area contributed by atoms with Gasteiger partial charge in [-0.05, 0) is 38.3 Å². The molecule has 4 nitrogen and oxygen atoms in total. The van der Waals surface area contributed by atoms with Gasteiger partial charge in [-0.15, -0.1) is 0 Å². The van der Waals surface area contributed by atoms with Crippen molar-refractivity contribution in [1.82, 2.24) is 14.9 Å². The quantitative estimate of drug-likeness (QED) is 0.872. The molecule has 0 aliphatic carbocycles. The molecule has 1 atom stereocenters. The molecule has 2 heterocycles. The van der Waals surface area contributed by atoms with E-state index in [0.29, 0.717) is 6.42 Å². The third-order valence-corrected chi connectivity index (χ3v) is 4.38. The van der Waals surface area contributed by atoms with Crippen LogP contribution in [-0.4, -0.2) is 33.9 Å². The van der Waals surface area contributed by atoms with Gasteiger partial charge < -0.3 is 4.90 Å². The van der Waals surface area contributed by atoms with E-state index in [2.05, 4.69) is 22.1 Å². The lowest BCUT2D eigenvalue weighted by atomic mass is 10.1. The summed E-state index contributed by atoms with van der Waals surface area (Å²) in [6.07, 6.45) is 2.34. The lowest BCUT2D eigenvalue weighted by Crippen LogP contribution is -2.28. The zero-order chi connectivity index (χ0) is 16.2. The predicted molar refractivity (Wildman–Crippen MR) is 90.2 cm³/mol. The first-order chi connectivity index (χ1) is 11.1. The Morgan fingerprint density at radius 2 is 1.87 bits per heavy atom. The van der Waals surface area contributed by atoms with E-state index in [-0.39, 0.29) is 11.8 Å². The molecule has 1 aliphatic heterocycles. The van der Waals surface area contributed by atoms with Crippen molar-refractivity contribution in [2.75, 3.05) is 13.1 Å². The molecule has 0 saturated carbocycles. The van der Waals surface area contributed by atoms with Crippen molar-refractivity contribution in [2.45, 2.75) is 39.0 Å². The van der Waals surface area contributed by atoms with Gasteiger partial charge in [0.1, 0.15) is 5.82 Å². The fraction of sp³-hybridized carbons (Fsp3) is 0.421. The van der Waals surface area contributed by atoms with Gasteiger partial charge in [-0.2, -0.15) is 0 Å². The Bertz CT molecular complexity index is 664. The van der Waals surface area contributed by atoms with E-state index in [9.17, 15) is 4.79 Å². The normalized spacial score (nSPS) is 17.5. The van der Waals surface area contributed by atoms with Gasteiger partial charge >= 0.3 is 0 Å². The van der Waals surface area contributed by atoms with Gasteiger partial charge in [-0.1, -0.05) is 30.3 Å². The minimum atomic E-state index is 0.237. The van der Waals surface area contributed by atoms with Crippen molar-refractivity contribution in [1.29, 1.82) is 0 Å². The van der Waals surface area contributed by atoms with Gasteiger partial charge in [0.15, 0.2) is 0 Å². The number of carbonyl (C=O) groups excluding carboxylic acids is 1. The second kappa shape index (κ2) is 6.90. The first-order valence-corrected chi connectivity index (χ1v) is 8.25. The summed E-state index contributed by atoms with van der Waals surface area (Å²) in [6.45, 7) is 5.55. The SMILES string of the molecule is Cc1cc(C)nc([C@@H]2CCN(C(=O)CCc3ccccc3)C2)n1. The molecule has 1 aromatic carbocycles. The molecular formula is C19H23N3O. The monoisotopic (exact) mass is 309 g/mol. The van der Waals surface area contributed by atoms with Crippen LogP contribution >= 0.6 is 0 Å². The average Bonchev–Trinajstić information content (AvgIpc) is 3.03. The highest BCUT2D eigenvalue weighted by Gasteiger charge is 2.28. The maximum Gasteiger partial charge on any atom is 0.222 e. The number of hydrogen-bond donors (Lipinski definition) is 0. The average molecular weight is 309 g/mol. The van der Waals surface area contributed by atoms with E-state index >= 15 is 0 Å². The second-order valence-electron chi connectivity index (χ2n) is 6.32. The fourth-order valence-electron chi connectivity index (χ4n) is 3.19. The molecule has 0 N–H and O–H groups in total. The van der Waals surface area contributed by atoms with Crippen molar-refractivity contribution >= 4 is 5.91 Å². The van der Waals surface area contributed by atoms with E-state index in [1.54, 1.807) is 0 Å². The van der Waals surface area contributed by atoms with Crippen LogP contribution in [-0.2, 0) is 11.2 Å². The van der Waals surface area contributed by atoms with Crippen LogP contribution in [0.1, 0.15) is 41.5 Å². The van der Waals surface area contributed by atoms with E-state index in [1.165, 1.54) is 5.56 Å². The third-order valence-electron chi connectivity index (χ3n) is 4.38. The standard InChI is InChI=1S/C19H23N3O/c1-14-12-15(2)21-19(20-14)17-10-11-22(13-17)18(23)9-8-16-6-4-3-5-7-16/h3-7,12,17H,8-11,13H2,1-2H3/t17-/m1/s1. The van der Waals surface area contributed by atoms with Crippen LogP contribution in [0.3, 0.4) is 0 Å². The fourth-order valence-corrected chi connectivity index (χ4v) is 3.19. The van der Waals surface area contributed by atoms with E-state index in [0.717, 1.165) is 43.1 Å². The van der Waals surface area contributed by atoms with E-state index in [4.69, 9.17) is 0 Å². The Morgan fingerprint density at radius 1 is 1.17 bits per heavy atom. The number of benzene rings is 1. The summed E-state index contributed by atoms with van der Waals surface area (Å²) in [5.41, 5.74) is 3.22. The summed E-state index contributed by atoms with van der Waals surface area (Å²) in [4.78, 5) is 23.5. The molecule has 2 aromatic rings. The number of nitrogens with zero attached hydrogens (tertiary/aromatic N) is 3. The smallest absolute Gasteiger partial charge is 0.222 e. The van der Waals surface area contributed by atoms with Gasteiger partial charge in [0.25, 0.3) is 0 Å². The molecule has 0 radical (unpaired) electrons. The molecule has 1 saturated heterocycles. The summed E-state index contributed by atoms with van der Waals surface area (Å²) >= 11 is 0. The Morgan fingerprint density at radius 3 is 2.57 bits per heavy atom. The molecule has 23 heavy (non-hydrogen) atoms. The van der Waals surface area contributed by atoms with Crippen LogP contribution in [0.5, 0.6) is 0 Å². The zero-order valence-corrected chi connectivity index (χ0v) is 13.8. The van der Waals surface area contributed by atoms with Gasteiger partial charge in [0.05, 0.1) is 0 Å². The highest BCUT2D eigenvalue weighted by molar-refractivity contribution is 5.76. The molecule has 1 fully saturated rings. The second-order valence-corrected chi connectivity index (χ2v) is 6.32. The number of likely N-dealkylation sites (tertiary alicyclic amines) is 1. The van der Waals surface area contributed by atoms with Crippen molar-refractivity contribution in [2.24, 2.45) is 0 Å². The third kappa shape index (κ3) is 3.95. The van der Waals surface area contributed by atoms with Gasteiger partial charge in [0, 0.05) is 36.8 Å². The molecule has 0 spiro atoms. The molecule has 3 rings (SSSR count). The van der Waals surface area contributed by atoms with Crippen molar-refractivity contribution in [3.63, 3.8) is 0 Å². The van der Waals surface area contributed by atoms with E-state index in [1.807, 2.05) is 43.0 Å². The molecule has 0 unspecified atom stereocenters. The van der Waals surface area contributed by atoms with Crippen LogP contribution in [0.2, 0.25) is 0 Å². The molecule has 120 valence electrons. The predicted octanol–water partition coefficient (Wildman–Crippen LogP) is 3.04. The number of amides is 1. The number of carbonyl (C=O) groups is 1. The molecule has 4 heteroatoms. The van der Waals surface area contributed by atoms with Gasteiger partial charge in [-0.3, -0.25) is 4.79 Å². The number of hydrogen-bond acceptors (Lipinski definition) is 3. The van der Waals surface area contributed by atoms with Crippen LogP contribution in [0, 0.1) is 13.8 Å². The maximum atomic E-state index is 12.4. The minimum Gasteiger partial charge on any atom is -0.342 e. The van der Waals surface area contributed by atoms with Gasteiger partial charge in [0.2, 0.25) is 5.91 Å². The maximum absolute atomic E-state index is 12.4. The zero-order valence-electron chi connectivity index (χ0n) is 13.8. The number of rotatable bonds is 4. The molecule has 1 aromatic heterocycles. The van der Waals surface area contributed by atoms with Crippen molar-refractivity contribution < 1.29 is 4.79 Å². The highest BCUT2D eigenvalue weighted by atomic mass is 16.2. The highest BCUT2D eigenvalue weighted by Crippen LogP contribution is 2.25. The van der Waals surface area contributed by atoms with E-state index < -0.39 is 0 Å². The van der Waals surface area contributed by atoms with Crippen LogP contribution in [0.25, 0.3) is 0 Å². The van der Waals surface area contributed by atoms with Crippen LogP contribution < -0.4 is 0 Å². The molecular weight excluding hydrogens is 286 g/mol. The molecule has 1 aliphatic rings. The van der Waals surface area contributed by atoms with Crippen molar-refractivity contribution in [3.8, 4) is 0 Å². The molecule has 1 amide bonds. The van der Waals surface area contributed by atoms with Crippen LogP contribution in [0.4, 0.5) is 0 Å². The Hall–Kier alpha value is -2.23. The summed E-state index contributed by atoms with van der Waals surface area (Å²) < 4.78 is 0. The van der Waals surface area contributed by atoms with Crippen LogP contribution in [0.15, 0.2) is 36.4 Å². The largest absolute Gasteiger partial charge is 0.342 e.